The number of aliphatic carboxylic acids is 1. The zero-order chi connectivity index (χ0) is 14.0. The van der Waals surface area contributed by atoms with Gasteiger partial charge in [0.2, 0.25) is 0 Å². The van der Waals surface area contributed by atoms with Gasteiger partial charge in [-0.1, -0.05) is 0 Å². The number of aryl methyl sites for hydroxylation is 1. The Morgan fingerprint density at radius 2 is 2.16 bits per heavy atom. The van der Waals surface area contributed by atoms with Gasteiger partial charge in [-0.2, -0.15) is 0 Å². The van der Waals surface area contributed by atoms with E-state index in [9.17, 15) is 14.7 Å². The molecule has 0 aliphatic carbocycles. The van der Waals surface area contributed by atoms with Crippen molar-refractivity contribution < 1.29 is 24.5 Å². The fourth-order valence-electron chi connectivity index (χ4n) is 2.24. The summed E-state index contributed by atoms with van der Waals surface area (Å²) in [7, 11) is 0. The van der Waals surface area contributed by atoms with Crippen molar-refractivity contribution in [3.63, 3.8) is 0 Å². The predicted molar refractivity (Wildman–Crippen MR) is 67.7 cm³/mol. The molecule has 1 heterocycles. The first-order chi connectivity index (χ1) is 8.97. The first-order valence-electron chi connectivity index (χ1n) is 6.22. The number of carboxylic acid groups (broad SMARTS) is 1. The third-order valence-corrected chi connectivity index (χ3v) is 3.27. The summed E-state index contributed by atoms with van der Waals surface area (Å²) in [4.78, 5) is 21.9. The minimum Gasteiger partial charge on any atom is -0.507 e. The number of hydrogen-bond donors (Lipinski definition) is 2. The number of aromatic hydroxyl groups is 1. The third kappa shape index (κ3) is 3.05. The number of carbonyl (C=O) groups is 2. The average molecular weight is 264 g/mol. The van der Waals surface area contributed by atoms with E-state index < -0.39 is 5.97 Å². The standard InChI is InChI=1S/C14H16O5/c1-8(15)11-6-9-2-3-10(4-5-14(17)18)19-13(9)7-12(11)16/h6-7,10,16H,2-5H2,1H3,(H,17,18). The molecule has 1 atom stereocenters. The normalized spacial score (nSPS) is 17.4. The van der Waals surface area contributed by atoms with Crippen molar-refractivity contribution in [2.24, 2.45) is 0 Å². The summed E-state index contributed by atoms with van der Waals surface area (Å²) in [6.07, 6.45) is 1.82. The maximum absolute atomic E-state index is 11.3. The van der Waals surface area contributed by atoms with E-state index in [1.807, 2.05) is 0 Å². The van der Waals surface area contributed by atoms with Gasteiger partial charge in [0.1, 0.15) is 11.5 Å². The first kappa shape index (κ1) is 13.4. The van der Waals surface area contributed by atoms with E-state index in [1.165, 1.54) is 13.0 Å². The molecule has 19 heavy (non-hydrogen) atoms. The molecule has 0 fully saturated rings. The molecule has 0 saturated heterocycles. The molecule has 1 aromatic carbocycles. The Morgan fingerprint density at radius 3 is 2.79 bits per heavy atom. The second-order valence-electron chi connectivity index (χ2n) is 4.74. The number of fused-ring (bicyclic) bond motifs is 1. The Bertz CT molecular complexity index is 521. The Morgan fingerprint density at radius 1 is 1.42 bits per heavy atom. The highest BCUT2D eigenvalue weighted by molar-refractivity contribution is 5.97. The van der Waals surface area contributed by atoms with Crippen LogP contribution in [0, 0.1) is 0 Å². The fourth-order valence-corrected chi connectivity index (χ4v) is 2.24. The Hall–Kier alpha value is -2.04. The maximum Gasteiger partial charge on any atom is 0.303 e. The van der Waals surface area contributed by atoms with Crippen LogP contribution < -0.4 is 4.74 Å². The van der Waals surface area contributed by atoms with Crippen molar-refractivity contribution in [2.75, 3.05) is 0 Å². The van der Waals surface area contributed by atoms with Crippen molar-refractivity contribution in [1.29, 1.82) is 0 Å². The summed E-state index contributed by atoms with van der Waals surface area (Å²) >= 11 is 0. The van der Waals surface area contributed by atoms with E-state index in [1.54, 1.807) is 6.07 Å². The SMILES string of the molecule is CC(=O)c1cc2c(cc1O)OC(CCC(=O)O)CC2. The summed E-state index contributed by atoms with van der Waals surface area (Å²) in [5, 5.41) is 18.4. The monoisotopic (exact) mass is 264 g/mol. The third-order valence-electron chi connectivity index (χ3n) is 3.27. The van der Waals surface area contributed by atoms with Crippen LogP contribution in [-0.2, 0) is 11.2 Å². The van der Waals surface area contributed by atoms with Crippen molar-refractivity contribution in [2.45, 2.75) is 38.7 Å². The largest absolute Gasteiger partial charge is 0.507 e. The lowest BCUT2D eigenvalue weighted by molar-refractivity contribution is -0.137. The molecule has 5 nitrogen and oxygen atoms in total. The fraction of sp³-hybridized carbons (Fsp3) is 0.429. The van der Waals surface area contributed by atoms with Crippen LogP contribution in [0.1, 0.15) is 42.1 Å². The van der Waals surface area contributed by atoms with Gasteiger partial charge >= 0.3 is 5.97 Å². The molecular weight excluding hydrogens is 248 g/mol. The zero-order valence-electron chi connectivity index (χ0n) is 10.7. The number of benzene rings is 1. The lowest BCUT2D eigenvalue weighted by Gasteiger charge is -2.26. The number of rotatable bonds is 4. The van der Waals surface area contributed by atoms with Gasteiger partial charge in [-0.25, -0.2) is 0 Å². The van der Waals surface area contributed by atoms with Gasteiger partial charge in [-0.05, 0) is 37.8 Å². The van der Waals surface area contributed by atoms with Crippen molar-refractivity contribution in [1.82, 2.24) is 0 Å². The van der Waals surface area contributed by atoms with Gasteiger partial charge in [0.05, 0.1) is 11.7 Å². The Balaban J connectivity index is 2.15. The molecule has 1 aromatic rings. The van der Waals surface area contributed by atoms with Gasteiger partial charge in [0, 0.05) is 12.5 Å². The van der Waals surface area contributed by atoms with E-state index in [2.05, 4.69) is 0 Å². The highest BCUT2D eigenvalue weighted by Gasteiger charge is 2.22. The summed E-state index contributed by atoms with van der Waals surface area (Å²) in [6, 6.07) is 3.10. The Labute approximate surface area is 110 Å². The van der Waals surface area contributed by atoms with Crippen molar-refractivity contribution in [3.8, 4) is 11.5 Å². The maximum atomic E-state index is 11.3. The van der Waals surface area contributed by atoms with Crippen LogP contribution in [0.3, 0.4) is 0 Å². The number of ether oxygens (including phenoxy) is 1. The predicted octanol–water partition coefficient (Wildman–Crippen LogP) is 2.15. The molecular formula is C14H16O5. The molecule has 0 radical (unpaired) electrons. The highest BCUT2D eigenvalue weighted by Crippen LogP contribution is 2.34. The second-order valence-corrected chi connectivity index (χ2v) is 4.74. The van der Waals surface area contributed by atoms with Gasteiger partial charge in [-0.15, -0.1) is 0 Å². The average Bonchev–Trinajstić information content (AvgIpc) is 2.34. The lowest BCUT2D eigenvalue weighted by Crippen LogP contribution is -2.23. The van der Waals surface area contributed by atoms with E-state index in [0.29, 0.717) is 17.7 Å². The number of ketones is 1. The molecule has 0 saturated carbocycles. The van der Waals surface area contributed by atoms with Crippen LogP contribution in [0.15, 0.2) is 12.1 Å². The molecule has 2 N–H and O–H groups in total. The lowest BCUT2D eigenvalue weighted by atomic mass is 9.96. The van der Waals surface area contributed by atoms with Gasteiger partial charge in [0.15, 0.2) is 5.78 Å². The molecule has 5 heteroatoms. The summed E-state index contributed by atoms with van der Waals surface area (Å²) in [5.74, 6) is -0.577. The highest BCUT2D eigenvalue weighted by atomic mass is 16.5. The molecule has 0 bridgehead atoms. The molecule has 1 aliphatic heterocycles. The van der Waals surface area contributed by atoms with Crippen LogP contribution in [0.25, 0.3) is 0 Å². The van der Waals surface area contributed by atoms with E-state index in [4.69, 9.17) is 9.84 Å². The summed E-state index contributed by atoms with van der Waals surface area (Å²) < 4.78 is 5.66. The van der Waals surface area contributed by atoms with Crippen LogP contribution in [-0.4, -0.2) is 28.1 Å². The van der Waals surface area contributed by atoms with E-state index >= 15 is 0 Å². The number of carboxylic acids is 1. The second kappa shape index (κ2) is 5.30. The van der Waals surface area contributed by atoms with Crippen molar-refractivity contribution >= 4 is 11.8 Å². The van der Waals surface area contributed by atoms with Crippen LogP contribution in [0.4, 0.5) is 0 Å². The number of hydrogen-bond acceptors (Lipinski definition) is 4. The minimum absolute atomic E-state index is 0.0670. The molecule has 2 rings (SSSR count). The smallest absolute Gasteiger partial charge is 0.303 e. The minimum atomic E-state index is -0.843. The summed E-state index contributed by atoms with van der Waals surface area (Å²) in [6.45, 7) is 1.40. The molecule has 1 aliphatic rings. The van der Waals surface area contributed by atoms with Gasteiger partial charge < -0.3 is 14.9 Å². The van der Waals surface area contributed by atoms with Crippen LogP contribution in [0.5, 0.6) is 11.5 Å². The molecule has 0 spiro atoms. The topological polar surface area (TPSA) is 83.8 Å². The Kier molecular flexibility index (Phi) is 3.74. The van der Waals surface area contributed by atoms with Gasteiger partial charge in [-0.3, -0.25) is 9.59 Å². The number of phenolic OH excluding ortho intramolecular Hbond substituents is 1. The van der Waals surface area contributed by atoms with Crippen molar-refractivity contribution in [3.05, 3.63) is 23.3 Å². The number of carbonyl (C=O) groups excluding carboxylic acids is 1. The quantitative estimate of drug-likeness (QED) is 0.814. The number of phenols is 1. The number of Topliss-reactive ketones (excluding diaryl/α,β-unsaturated/α-hetero) is 1. The van der Waals surface area contributed by atoms with E-state index in [-0.39, 0.29) is 24.1 Å². The van der Waals surface area contributed by atoms with Gasteiger partial charge in [0.25, 0.3) is 0 Å². The molecule has 1 unspecified atom stereocenters. The molecule has 0 aromatic heterocycles. The molecule has 0 amide bonds. The summed E-state index contributed by atoms with van der Waals surface area (Å²) in [5.41, 5.74) is 1.18. The van der Waals surface area contributed by atoms with Crippen LogP contribution in [0.2, 0.25) is 0 Å². The van der Waals surface area contributed by atoms with Crippen LogP contribution >= 0.6 is 0 Å². The zero-order valence-corrected chi connectivity index (χ0v) is 10.7. The van der Waals surface area contributed by atoms with E-state index in [0.717, 1.165) is 18.4 Å². The first-order valence-corrected chi connectivity index (χ1v) is 6.22. The molecule has 102 valence electrons.